The Hall–Kier alpha value is -2.64. The van der Waals surface area contributed by atoms with Crippen LogP contribution >= 0.6 is 54.5 Å². The Morgan fingerprint density at radius 2 is 1.61 bits per heavy atom. The van der Waals surface area contributed by atoms with Gasteiger partial charge >= 0.3 is 0 Å². The number of amides is 1. The van der Waals surface area contributed by atoms with Gasteiger partial charge in [-0.25, -0.2) is 9.97 Å². The van der Waals surface area contributed by atoms with Crippen molar-refractivity contribution in [3.8, 4) is 11.3 Å². The highest BCUT2D eigenvalue weighted by Gasteiger charge is 2.24. The third-order valence-corrected chi connectivity index (χ3v) is 7.50. The van der Waals surface area contributed by atoms with E-state index >= 15 is 0 Å². The summed E-state index contributed by atoms with van der Waals surface area (Å²) in [5.74, 6) is 0.00619. The van der Waals surface area contributed by atoms with Crippen LogP contribution in [0.15, 0.2) is 64.1 Å². The van der Waals surface area contributed by atoms with Gasteiger partial charge in [0.2, 0.25) is 0 Å². The largest absolute Gasteiger partial charge is 0.396 e. The van der Waals surface area contributed by atoms with Crippen molar-refractivity contribution in [3.63, 3.8) is 0 Å². The van der Waals surface area contributed by atoms with E-state index in [4.69, 9.17) is 11.5 Å². The Morgan fingerprint density at radius 1 is 1.00 bits per heavy atom. The molecule has 0 unspecified atom stereocenters. The van der Waals surface area contributed by atoms with Gasteiger partial charge in [0.15, 0.2) is 11.3 Å². The molecule has 4 aromatic heterocycles. The Labute approximate surface area is 237 Å². The Morgan fingerprint density at radius 3 is 2.25 bits per heavy atom. The highest BCUT2D eigenvalue weighted by molar-refractivity contribution is 14.1. The molecular formula is C25H22Br2IN7O. The van der Waals surface area contributed by atoms with Gasteiger partial charge < -0.3 is 16.8 Å². The summed E-state index contributed by atoms with van der Waals surface area (Å²) in [7, 11) is 0. The first-order chi connectivity index (χ1) is 17.2. The van der Waals surface area contributed by atoms with E-state index < -0.39 is 0 Å². The molecule has 8 nitrogen and oxygen atoms in total. The molecule has 5 aromatic rings. The molecule has 0 bridgehead atoms. The van der Waals surface area contributed by atoms with Gasteiger partial charge in [-0.2, -0.15) is 0 Å². The predicted octanol–water partition coefficient (Wildman–Crippen LogP) is 5.83. The maximum atomic E-state index is 12.3. The molecule has 1 fully saturated rings. The number of aryl methyl sites for hydroxylation is 1. The average Bonchev–Trinajstić information content (AvgIpc) is 3.40. The fraction of sp³-hybridized carbons (Fsp3) is 0.160. The van der Waals surface area contributed by atoms with Gasteiger partial charge in [-0.05, 0) is 104 Å². The van der Waals surface area contributed by atoms with E-state index in [1.165, 1.54) is 0 Å². The predicted molar refractivity (Wildman–Crippen MR) is 158 cm³/mol. The normalized spacial score (nSPS) is 13.0. The lowest BCUT2D eigenvalue weighted by molar-refractivity contribution is 0.0950. The molecule has 5 N–H and O–H groups in total. The van der Waals surface area contributed by atoms with Gasteiger partial charge in [0.25, 0.3) is 5.91 Å². The molecule has 0 radical (unpaired) electrons. The Balaban J connectivity index is 0.000000186. The number of pyridine rings is 2. The van der Waals surface area contributed by atoms with E-state index in [0.717, 1.165) is 59.2 Å². The molecule has 1 aliphatic rings. The minimum absolute atomic E-state index is 0.00619. The minimum atomic E-state index is 0.00619. The monoisotopic (exact) mass is 721 g/mol. The van der Waals surface area contributed by atoms with Crippen LogP contribution in [-0.4, -0.2) is 30.7 Å². The third kappa shape index (κ3) is 5.09. The van der Waals surface area contributed by atoms with Crippen molar-refractivity contribution in [1.29, 1.82) is 0 Å². The third-order valence-electron chi connectivity index (χ3n) is 5.84. The quantitative estimate of drug-likeness (QED) is 0.203. The summed E-state index contributed by atoms with van der Waals surface area (Å²) in [5, 5.41) is 3.03. The number of fused-ring (bicyclic) bond motifs is 2. The zero-order valence-electron chi connectivity index (χ0n) is 19.2. The van der Waals surface area contributed by atoms with E-state index in [2.05, 4.69) is 69.7 Å². The van der Waals surface area contributed by atoms with Crippen molar-refractivity contribution in [2.24, 2.45) is 0 Å². The first-order valence-electron chi connectivity index (χ1n) is 11.1. The number of hydrogen-bond acceptors (Lipinski definition) is 5. The molecule has 1 aliphatic carbocycles. The number of carbonyl (C=O) groups excluding carboxylic acids is 1. The van der Waals surface area contributed by atoms with Crippen LogP contribution in [0.4, 0.5) is 11.4 Å². The molecule has 0 atom stereocenters. The number of aromatic nitrogens is 4. The summed E-state index contributed by atoms with van der Waals surface area (Å²) >= 11 is 9.05. The number of benzene rings is 1. The van der Waals surface area contributed by atoms with Crippen LogP contribution in [0.25, 0.3) is 22.6 Å². The highest BCUT2D eigenvalue weighted by atomic mass is 127. The van der Waals surface area contributed by atoms with Gasteiger partial charge in [-0.15, -0.1) is 0 Å². The molecule has 1 saturated carbocycles. The van der Waals surface area contributed by atoms with Crippen LogP contribution in [0.3, 0.4) is 0 Å². The number of rotatable bonds is 3. The van der Waals surface area contributed by atoms with Crippen molar-refractivity contribution < 1.29 is 4.79 Å². The van der Waals surface area contributed by atoms with Crippen molar-refractivity contribution in [1.82, 2.24) is 24.1 Å². The lowest BCUT2D eigenvalue weighted by Crippen LogP contribution is -2.26. The molecule has 0 saturated heterocycles. The second-order valence-corrected chi connectivity index (χ2v) is 11.6. The molecule has 11 heteroatoms. The average molecular weight is 723 g/mol. The van der Waals surface area contributed by atoms with Crippen LogP contribution in [0.5, 0.6) is 0 Å². The number of imidazole rings is 2. The molecule has 0 spiro atoms. The number of nitrogen functional groups attached to an aromatic ring is 2. The van der Waals surface area contributed by atoms with E-state index in [-0.39, 0.29) is 5.91 Å². The minimum Gasteiger partial charge on any atom is -0.396 e. The van der Waals surface area contributed by atoms with Gasteiger partial charge in [0, 0.05) is 38.5 Å². The Kier molecular flexibility index (Phi) is 6.97. The van der Waals surface area contributed by atoms with Gasteiger partial charge in [-0.3, -0.25) is 13.6 Å². The topological polar surface area (TPSA) is 116 Å². The fourth-order valence-electron chi connectivity index (χ4n) is 3.91. The molecular weight excluding hydrogens is 701 g/mol. The van der Waals surface area contributed by atoms with Crippen LogP contribution < -0.4 is 16.8 Å². The summed E-state index contributed by atoms with van der Waals surface area (Å²) < 4.78 is 6.81. The maximum Gasteiger partial charge on any atom is 0.251 e. The van der Waals surface area contributed by atoms with Crippen LogP contribution in [0.2, 0.25) is 0 Å². The summed E-state index contributed by atoms with van der Waals surface area (Å²) in [4.78, 5) is 20.8. The first-order valence-corrected chi connectivity index (χ1v) is 13.8. The lowest BCUT2D eigenvalue weighted by atomic mass is 10.0. The van der Waals surface area contributed by atoms with Crippen LogP contribution in [0.1, 0.15) is 28.8 Å². The van der Waals surface area contributed by atoms with Crippen molar-refractivity contribution in [2.75, 3.05) is 11.5 Å². The standard InChI is InChI=1S/C18H17BrN4O.C7H5BrIN3/c1-10-6-11(2-5-14(10)18(24)22-13-3-4-13)16-8-21-17-15(20)7-12(19)9-23(16)17;8-4-1-5(10)7-11-2-6(9)12(7)3-4/h2,5-9,13H,3-4,20H2,1H3,(H,22,24);1-3H,10H2. The second kappa shape index (κ2) is 10.0. The summed E-state index contributed by atoms with van der Waals surface area (Å²) in [6, 6.07) is 9.89. The summed E-state index contributed by atoms with van der Waals surface area (Å²) in [5.41, 5.74) is 18.2. The van der Waals surface area contributed by atoms with Gasteiger partial charge in [0.05, 0.1) is 29.5 Å². The number of hydrogen-bond donors (Lipinski definition) is 3. The number of nitrogens with one attached hydrogen (secondary N) is 1. The number of halogens is 3. The second-order valence-electron chi connectivity index (χ2n) is 8.62. The smallest absolute Gasteiger partial charge is 0.251 e. The molecule has 36 heavy (non-hydrogen) atoms. The van der Waals surface area contributed by atoms with Crippen molar-refractivity contribution in [2.45, 2.75) is 25.8 Å². The van der Waals surface area contributed by atoms with E-state index in [1.54, 1.807) is 12.4 Å². The summed E-state index contributed by atoms with van der Waals surface area (Å²) in [6.45, 7) is 1.96. The molecule has 184 valence electrons. The number of nitrogens with two attached hydrogens (primary N) is 2. The number of anilines is 2. The van der Waals surface area contributed by atoms with Crippen LogP contribution in [-0.2, 0) is 0 Å². The van der Waals surface area contributed by atoms with Crippen molar-refractivity contribution in [3.05, 3.63) is 78.9 Å². The highest BCUT2D eigenvalue weighted by Crippen LogP contribution is 2.28. The zero-order chi connectivity index (χ0) is 25.6. The molecule has 0 aliphatic heterocycles. The Bertz CT molecular complexity index is 1620. The number of carbonyl (C=O) groups is 1. The molecule has 4 heterocycles. The molecule has 1 amide bonds. The van der Waals surface area contributed by atoms with Crippen molar-refractivity contribution >= 4 is 83.0 Å². The molecule has 1 aromatic carbocycles. The number of nitrogens with zero attached hydrogens (tertiary/aromatic N) is 4. The summed E-state index contributed by atoms with van der Waals surface area (Å²) in [6.07, 6.45) is 9.65. The SMILES string of the molecule is Cc1cc(-c2cnc3c(N)cc(Br)cn23)ccc1C(=O)NC1CC1.Nc1cc(Br)cn2c(I)cnc12. The lowest BCUT2D eigenvalue weighted by Gasteiger charge is -2.09. The van der Waals surface area contributed by atoms with Crippen LogP contribution in [0, 0.1) is 10.6 Å². The fourth-order valence-corrected chi connectivity index (χ4v) is 5.32. The zero-order valence-corrected chi connectivity index (χ0v) is 24.5. The van der Waals surface area contributed by atoms with E-state index in [0.29, 0.717) is 17.4 Å². The maximum absolute atomic E-state index is 12.3. The first kappa shape index (κ1) is 25.0. The molecule has 6 rings (SSSR count). The van der Waals surface area contributed by atoms with Gasteiger partial charge in [0.1, 0.15) is 3.70 Å². The van der Waals surface area contributed by atoms with E-state index in [1.807, 2.05) is 58.5 Å². The van der Waals surface area contributed by atoms with E-state index in [9.17, 15) is 4.79 Å². The van der Waals surface area contributed by atoms with Gasteiger partial charge in [-0.1, -0.05) is 6.07 Å².